The number of aliphatic imine (C=N–C) groups is 1. The number of para-hydroxylation sites is 1. The number of hydrogen-bond donors (Lipinski definition) is 0. The molecule has 0 spiro atoms. The fourth-order valence-corrected chi connectivity index (χ4v) is 5.49. The number of non-ortho nitro benzene ring substituents is 1. The number of hydrogen-bond acceptors (Lipinski definition) is 8. The molecule has 1 aliphatic heterocycles. The maximum Gasteiger partial charge on any atom is 0.269 e. The monoisotopic (exact) mass is 659 g/mol. The molecule has 0 radical (unpaired) electrons. The molecule has 1 aliphatic rings. The Morgan fingerprint density at radius 3 is 2.54 bits per heavy atom. The highest BCUT2D eigenvalue weighted by molar-refractivity contribution is 14.1. The molecule has 3 aromatic rings. The zero-order chi connectivity index (χ0) is 27.8. The summed E-state index contributed by atoms with van der Waals surface area (Å²) in [5, 5.41) is 11.5. The number of methoxy groups -OCH3 is 1. The molecular formula is C28H26IN3O6S. The summed E-state index contributed by atoms with van der Waals surface area (Å²) in [5.41, 5.74) is 2.35. The number of thioether (sulfide) groups is 1. The molecule has 1 fully saturated rings. The van der Waals surface area contributed by atoms with E-state index >= 15 is 0 Å². The maximum atomic E-state index is 13.3. The summed E-state index contributed by atoms with van der Waals surface area (Å²) in [5.74, 6) is 0.924. The van der Waals surface area contributed by atoms with Crippen LogP contribution in [0.15, 0.2) is 76.6 Å². The van der Waals surface area contributed by atoms with E-state index < -0.39 is 4.92 Å². The summed E-state index contributed by atoms with van der Waals surface area (Å²) in [6, 6.07) is 19.4. The summed E-state index contributed by atoms with van der Waals surface area (Å²) in [6.45, 7) is 3.52. The molecular weight excluding hydrogens is 633 g/mol. The Kier molecular flexibility index (Phi) is 9.96. The zero-order valence-corrected chi connectivity index (χ0v) is 24.3. The first-order valence-electron chi connectivity index (χ1n) is 12.1. The molecule has 0 atom stereocenters. The number of ether oxygens (including phenoxy) is 3. The van der Waals surface area contributed by atoms with Crippen LogP contribution >= 0.6 is 34.4 Å². The highest BCUT2D eigenvalue weighted by atomic mass is 127. The van der Waals surface area contributed by atoms with Crippen molar-refractivity contribution in [2.24, 2.45) is 4.99 Å². The molecule has 11 heteroatoms. The lowest BCUT2D eigenvalue weighted by atomic mass is 10.1. The van der Waals surface area contributed by atoms with Gasteiger partial charge in [-0.15, -0.1) is 0 Å². The van der Waals surface area contributed by atoms with Crippen molar-refractivity contribution in [3.63, 3.8) is 0 Å². The summed E-state index contributed by atoms with van der Waals surface area (Å²) in [7, 11) is 1.55. The van der Waals surface area contributed by atoms with E-state index in [-0.39, 0.29) is 18.2 Å². The van der Waals surface area contributed by atoms with Crippen molar-refractivity contribution in [3.8, 4) is 11.5 Å². The Morgan fingerprint density at radius 1 is 1.13 bits per heavy atom. The first-order valence-corrected chi connectivity index (χ1v) is 14.0. The Labute approximate surface area is 244 Å². The molecule has 9 nitrogen and oxygen atoms in total. The Balaban J connectivity index is 1.56. The standard InChI is InChI=1S/C28H26IN3O6S/c1-3-37-14-13-31-27(33)25(39-28(31)30-21-7-5-4-6-8-21)17-20-15-23(29)26(24(16-20)36-2)38-18-19-9-11-22(12-10-19)32(34)35/h4-12,15-17H,3,13-14,18H2,1-2H3/b25-17-,30-28?. The minimum absolute atomic E-state index is 0.0241. The van der Waals surface area contributed by atoms with Crippen molar-refractivity contribution >= 4 is 62.9 Å². The Morgan fingerprint density at radius 2 is 1.87 bits per heavy atom. The van der Waals surface area contributed by atoms with Gasteiger partial charge < -0.3 is 14.2 Å². The molecule has 0 aromatic heterocycles. The van der Waals surface area contributed by atoms with Crippen LogP contribution < -0.4 is 9.47 Å². The van der Waals surface area contributed by atoms with Crippen LogP contribution in [0.4, 0.5) is 11.4 Å². The smallest absolute Gasteiger partial charge is 0.269 e. The van der Waals surface area contributed by atoms with Gasteiger partial charge in [0.05, 0.1) is 39.3 Å². The lowest BCUT2D eigenvalue weighted by Crippen LogP contribution is -2.32. The molecule has 39 heavy (non-hydrogen) atoms. The number of nitrogens with zero attached hydrogens (tertiary/aromatic N) is 3. The summed E-state index contributed by atoms with van der Waals surface area (Å²) in [4.78, 5) is 30.7. The Bertz CT molecular complexity index is 1400. The lowest BCUT2D eigenvalue weighted by Gasteiger charge is -2.15. The molecule has 0 bridgehead atoms. The van der Waals surface area contributed by atoms with Crippen molar-refractivity contribution in [2.45, 2.75) is 13.5 Å². The number of carbonyl (C=O) groups is 1. The summed E-state index contributed by atoms with van der Waals surface area (Å²) in [6.07, 6.45) is 1.82. The predicted octanol–water partition coefficient (Wildman–Crippen LogP) is 6.43. The molecule has 202 valence electrons. The molecule has 1 saturated heterocycles. The third-order valence-electron chi connectivity index (χ3n) is 5.61. The quantitative estimate of drug-likeness (QED) is 0.0769. The van der Waals surface area contributed by atoms with Crippen LogP contribution in [-0.4, -0.2) is 47.8 Å². The van der Waals surface area contributed by atoms with Crippen molar-refractivity contribution in [1.29, 1.82) is 0 Å². The van der Waals surface area contributed by atoms with Crippen molar-refractivity contribution in [2.75, 3.05) is 26.9 Å². The van der Waals surface area contributed by atoms with Crippen LogP contribution in [0.25, 0.3) is 6.08 Å². The minimum Gasteiger partial charge on any atom is -0.493 e. The number of rotatable bonds is 11. The fourth-order valence-electron chi connectivity index (χ4n) is 3.69. The zero-order valence-electron chi connectivity index (χ0n) is 21.3. The Hall–Kier alpha value is -3.42. The summed E-state index contributed by atoms with van der Waals surface area (Å²) < 4.78 is 17.9. The van der Waals surface area contributed by atoms with Crippen LogP contribution in [0.5, 0.6) is 11.5 Å². The van der Waals surface area contributed by atoms with Crippen LogP contribution in [0.2, 0.25) is 0 Å². The molecule has 3 aromatic carbocycles. The van der Waals surface area contributed by atoms with Gasteiger partial charge in [-0.3, -0.25) is 19.8 Å². The van der Waals surface area contributed by atoms with Crippen LogP contribution in [0.3, 0.4) is 0 Å². The van der Waals surface area contributed by atoms with Gasteiger partial charge in [-0.05, 0) is 94.9 Å². The molecule has 0 unspecified atom stereocenters. The number of amidine groups is 1. The van der Waals surface area contributed by atoms with Crippen LogP contribution in [0.1, 0.15) is 18.1 Å². The minimum atomic E-state index is -0.439. The molecule has 0 N–H and O–H groups in total. The number of halogens is 1. The van der Waals surface area contributed by atoms with E-state index in [0.717, 1.165) is 20.4 Å². The van der Waals surface area contributed by atoms with Gasteiger partial charge in [-0.2, -0.15) is 0 Å². The second-order valence-electron chi connectivity index (χ2n) is 8.24. The first-order chi connectivity index (χ1) is 18.9. The van der Waals surface area contributed by atoms with Crippen molar-refractivity contribution in [1.82, 2.24) is 4.90 Å². The number of nitro groups is 1. The molecule has 1 heterocycles. The maximum absolute atomic E-state index is 13.3. The van der Waals surface area contributed by atoms with E-state index in [0.29, 0.717) is 41.3 Å². The van der Waals surface area contributed by atoms with Crippen LogP contribution in [-0.2, 0) is 16.1 Å². The van der Waals surface area contributed by atoms with Gasteiger partial charge in [-0.25, -0.2) is 4.99 Å². The number of carbonyl (C=O) groups excluding carboxylic acids is 1. The molecule has 0 saturated carbocycles. The van der Waals surface area contributed by atoms with Gasteiger partial charge in [0.2, 0.25) is 0 Å². The highest BCUT2D eigenvalue weighted by Gasteiger charge is 2.33. The van der Waals surface area contributed by atoms with E-state index in [2.05, 4.69) is 22.6 Å². The van der Waals surface area contributed by atoms with Gasteiger partial charge in [0.25, 0.3) is 11.6 Å². The van der Waals surface area contributed by atoms with Gasteiger partial charge >= 0.3 is 0 Å². The largest absolute Gasteiger partial charge is 0.493 e. The lowest BCUT2D eigenvalue weighted by molar-refractivity contribution is -0.384. The van der Waals surface area contributed by atoms with E-state index in [9.17, 15) is 14.9 Å². The van der Waals surface area contributed by atoms with Crippen molar-refractivity contribution in [3.05, 3.63) is 96.4 Å². The normalized spacial score (nSPS) is 15.3. The highest BCUT2D eigenvalue weighted by Crippen LogP contribution is 2.38. The number of amides is 1. The molecule has 4 rings (SSSR count). The average molecular weight is 660 g/mol. The summed E-state index contributed by atoms with van der Waals surface area (Å²) >= 11 is 3.48. The van der Waals surface area contributed by atoms with E-state index in [1.54, 1.807) is 24.1 Å². The second-order valence-corrected chi connectivity index (χ2v) is 10.4. The van der Waals surface area contributed by atoms with Gasteiger partial charge in [0.15, 0.2) is 16.7 Å². The third kappa shape index (κ3) is 7.37. The van der Waals surface area contributed by atoms with Crippen LogP contribution in [0, 0.1) is 13.7 Å². The molecule has 0 aliphatic carbocycles. The average Bonchev–Trinajstić information content (AvgIpc) is 3.22. The number of benzene rings is 3. The van der Waals surface area contributed by atoms with Gasteiger partial charge in [0.1, 0.15) is 6.61 Å². The fraction of sp³-hybridized carbons (Fsp3) is 0.214. The first kappa shape index (κ1) is 28.6. The van der Waals surface area contributed by atoms with Crippen molar-refractivity contribution < 1.29 is 23.9 Å². The second kappa shape index (κ2) is 13.6. The predicted molar refractivity (Wildman–Crippen MR) is 160 cm³/mol. The number of nitro benzene ring substituents is 1. The van der Waals surface area contributed by atoms with E-state index in [4.69, 9.17) is 19.2 Å². The third-order valence-corrected chi connectivity index (χ3v) is 7.42. The van der Waals surface area contributed by atoms with E-state index in [1.165, 1.54) is 23.9 Å². The van der Waals surface area contributed by atoms with Gasteiger partial charge in [-0.1, -0.05) is 18.2 Å². The topological polar surface area (TPSA) is 104 Å². The molecule has 1 amide bonds. The van der Waals surface area contributed by atoms with E-state index in [1.807, 2.05) is 55.5 Å². The van der Waals surface area contributed by atoms with Gasteiger partial charge in [0, 0.05) is 18.7 Å². The SMILES string of the molecule is CCOCCN1C(=O)/C(=C/c2cc(I)c(OCc3ccc([N+](=O)[O-])cc3)c(OC)c2)SC1=Nc1ccccc1.